The van der Waals surface area contributed by atoms with Crippen molar-refractivity contribution >= 4 is 17.8 Å². The van der Waals surface area contributed by atoms with Crippen LogP contribution in [0.25, 0.3) is 0 Å². The molecule has 13 heteroatoms. The van der Waals surface area contributed by atoms with Crippen LogP contribution in [0.4, 0.5) is 4.79 Å². The Hall–Kier alpha value is -2.65. The summed E-state index contributed by atoms with van der Waals surface area (Å²) in [5, 5.41) is 37.2. The van der Waals surface area contributed by atoms with Crippen molar-refractivity contribution in [3.05, 3.63) is 35.9 Å². The van der Waals surface area contributed by atoms with E-state index in [1.54, 1.807) is 34.6 Å². The molecule has 1 aromatic carbocycles. The number of amides is 1. The monoisotopic (exact) mass is 722 g/mol. The Morgan fingerprint density at radius 1 is 1.04 bits per heavy atom. The van der Waals surface area contributed by atoms with Crippen LogP contribution in [-0.2, 0) is 39.8 Å². The first-order valence-electron chi connectivity index (χ1n) is 18.1. The number of ether oxygens (including phenoxy) is 5. The third kappa shape index (κ3) is 10.1. The molecule has 0 bridgehead atoms. The number of rotatable bonds is 8. The molecule has 3 rings (SSSR count). The molecule has 14 atom stereocenters. The summed E-state index contributed by atoms with van der Waals surface area (Å²) < 4.78 is 31.0. The van der Waals surface area contributed by atoms with Crippen molar-refractivity contribution in [2.75, 3.05) is 21.2 Å². The van der Waals surface area contributed by atoms with E-state index in [-0.39, 0.29) is 37.3 Å². The van der Waals surface area contributed by atoms with E-state index in [9.17, 15) is 29.7 Å². The van der Waals surface area contributed by atoms with Crippen molar-refractivity contribution in [1.82, 2.24) is 10.2 Å². The average Bonchev–Trinajstić information content (AvgIpc) is 3.09. The van der Waals surface area contributed by atoms with Crippen molar-refractivity contribution in [3.63, 3.8) is 0 Å². The minimum Gasteiger partial charge on any atom is -0.459 e. The molecule has 51 heavy (non-hydrogen) atoms. The molecular weight excluding hydrogens is 660 g/mol. The van der Waals surface area contributed by atoms with Crippen LogP contribution in [0, 0.1) is 23.7 Å². The van der Waals surface area contributed by atoms with Crippen LogP contribution in [0.15, 0.2) is 30.3 Å². The molecule has 4 N–H and O–H groups in total. The van der Waals surface area contributed by atoms with Gasteiger partial charge in [-0.3, -0.25) is 9.59 Å². The highest BCUT2D eigenvalue weighted by Gasteiger charge is 2.53. The maximum Gasteiger partial charge on any atom is 0.407 e. The molecule has 2 aliphatic heterocycles. The van der Waals surface area contributed by atoms with Gasteiger partial charge in [-0.15, -0.1) is 0 Å². The van der Waals surface area contributed by atoms with E-state index in [1.165, 1.54) is 21.0 Å². The molecule has 2 heterocycles. The molecule has 0 radical (unpaired) electrons. The highest BCUT2D eigenvalue weighted by atomic mass is 16.7. The van der Waals surface area contributed by atoms with Gasteiger partial charge in [0.25, 0.3) is 0 Å². The van der Waals surface area contributed by atoms with Crippen molar-refractivity contribution in [2.24, 2.45) is 23.7 Å². The summed E-state index contributed by atoms with van der Waals surface area (Å²) in [6, 6.07) is 8.96. The van der Waals surface area contributed by atoms with E-state index in [4.69, 9.17) is 23.7 Å². The smallest absolute Gasteiger partial charge is 0.407 e. The molecule has 0 aliphatic carbocycles. The average molecular weight is 723 g/mol. The topological polar surface area (TPSA) is 173 Å². The molecule has 2 aliphatic rings. The van der Waals surface area contributed by atoms with E-state index < -0.39 is 83.7 Å². The lowest BCUT2D eigenvalue weighted by atomic mass is 9.74. The number of nitrogens with one attached hydrogen (secondary N) is 1. The zero-order valence-corrected chi connectivity index (χ0v) is 32.2. The summed E-state index contributed by atoms with van der Waals surface area (Å²) in [5.41, 5.74) is -2.44. The number of hydrogen-bond acceptors (Lipinski definition) is 12. The molecule has 0 aromatic heterocycles. The molecule has 1 aromatic rings. The number of cyclic esters (lactones) is 1. The third-order valence-electron chi connectivity index (χ3n) is 11.0. The van der Waals surface area contributed by atoms with Crippen molar-refractivity contribution in [1.29, 1.82) is 0 Å². The third-order valence-corrected chi connectivity index (χ3v) is 11.0. The van der Waals surface area contributed by atoms with E-state index in [2.05, 4.69) is 5.32 Å². The predicted molar refractivity (Wildman–Crippen MR) is 189 cm³/mol. The number of carbonyl (C=O) groups excluding carboxylic acids is 3. The van der Waals surface area contributed by atoms with Crippen molar-refractivity contribution in [3.8, 4) is 0 Å². The fraction of sp³-hybridized carbons (Fsp3) is 0.763. The van der Waals surface area contributed by atoms with Gasteiger partial charge >= 0.3 is 12.1 Å². The second-order valence-corrected chi connectivity index (χ2v) is 15.3. The number of hydrogen-bond donors (Lipinski definition) is 4. The van der Waals surface area contributed by atoms with E-state index in [1.807, 2.05) is 56.3 Å². The van der Waals surface area contributed by atoms with Crippen molar-refractivity contribution < 1.29 is 53.4 Å². The summed E-state index contributed by atoms with van der Waals surface area (Å²) >= 11 is 0. The lowest BCUT2D eigenvalue weighted by Crippen LogP contribution is -2.60. The molecule has 290 valence electrons. The van der Waals surface area contributed by atoms with Gasteiger partial charge in [0.1, 0.15) is 29.7 Å². The van der Waals surface area contributed by atoms with Crippen LogP contribution in [0.2, 0.25) is 0 Å². The lowest BCUT2D eigenvalue weighted by Gasteiger charge is -2.48. The van der Waals surface area contributed by atoms with Crippen LogP contribution >= 0.6 is 0 Å². The van der Waals surface area contributed by atoms with E-state index in [0.717, 1.165) is 5.56 Å². The van der Waals surface area contributed by atoms with Gasteiger partial charge in [-0.1, -0.05) is 58.0 Å². The molecule has 2 saturated heterocycles. The summed E-state index contributed by atoms with van der Waals surface area (Å²) in [5.74, 6) is -4.81. The van der Waals surface area contributed by atoms with Gasteiger partial charge in [-0.25, -0.2) is 4.79 Å². The zero-order valence-electron chi connectivity index (χ0n) is 32.2. The quantitative estimate of drug-likeness (QED) is 0.289. The molecule has 13 nitrogen and oxygen atoms in total. The summed E-state index contributed by atoms with van der Waals surface area (Å²) in [6.07, 6.45) is -7.51. The Bertz CT molecular complexity index is 1300. The molecule has 1 amide bonds. The highest BCUT2D eigenvalue weighted by molar-refractivity contribution is 5.83. The van der Waals surface area contributed by atoms with Crippen LogP contribution in [-0.4, -0.2) is 119 Å². The Labute approximate surface area is 303 Å². The number of benzene rings is 1. The van der Waals surface area contributed by atoms with Crippen LogP contribution in [0.5, 0.6) is 0 Å². The highest BCUT2D eigenvalue weighted by Crippen LogP contribution is 2.40. The zero-order chi connectivity index (χ0) is 38.4. The van der Waals surface area contributed by atoms with Gasteiger partial charge < -0.3 is 49.2 Å². The molecule has 0 spiro atoms. The number of esters is 1. The fourth-order valence-corrected chi connectivity index (χ4v) is 7.72. The lowest BCUT2D eigenvalue weighted by molar-refractivity contribution is -0.301. The first kappa shape index (κ1) is 42.8. The Morgan fingerprint density at radius 2 is 1.67 bits per heavy atom. The van der Waals surface area contributed by atoms with Gasteiger partial charge in [-0.05, 0) is 66.6 Å². The Kier molecular flexibility index (Phi) is 15.0. The summed E-state index contributed by atoms with van der Waals surface area (Å²) in [7, 11) is 5.20. The van der Waals surface area contributed by atoms with Crippen LogP contribution in [0.3, 0.4) is 0 Å². The first-order chi connectivity index (χ1) is 23.8. The summed E-state index contributed by atoms with van der Waals surface area (Å²) in [4.78, 5) is 43.2. The van der Waals surface area contributed by atoms with Crippen LogP contribution in [0.1, 0.15) is 80.2 Å². The normalized spacial score (nSPS) is 40.3. The molecule has 0 unspecified atom stereocenters. The standard InChI is InChI=1S/C38H62N2O11/c1-12-28-38(8,46)32(43)23(4)29(41)21(2)19-37(7,47-11)33(51-35-30(42)27(40(9)10)18-22(3)48-35)24(5)31(25(6)34(44)49-28)50-36(45)39-20-26-16-14-13-15-17-26/h13-17,21-25,27-28,30-33,35,42-43,46H,12,18-20H2,1-11H3,(H,39,45)/t21-,22-,23+,24+,25-,27+,28-,30-,31+,32-,33-,35+,37-,38-/m1/s1. The predicted octanol–water partition coefficient (Wildman–Crippen LogP) is 3.45. The number of carbonyl (C=O) groups is 3. The number of Topliss-reactive ketones (excluding diaryl/α,β-unsaturated/α-hetero) is 1. The second kappa shape index (κ2) is 17.9. The van der Waals surface area contributed by atoms with Gasteiger partial charge in [0.05, 0.1) is 29.8 Å². The number of aliphatic hydroxyl groups is 3. The molecule has 0 saturated carbocycles. The number of likely N-dealkylation sites (N-methyl/N-ethyl adjacent to an activating group) is 1. The van der Waals surface area contributed by atoms with Gasteiger partial charge in [0.15, 0.2) is 6.29 Å². The maximum absolute atomic E-state index is 14.0. The van der Waals surface area contributed by atoms with E-state index >= 15 is 0 Å². The number of aliphatic hydroxyl groups excluding tert-OH is 2. The van der Waals surface area contributed by atoms with Gasteiger partial charge in [0, 0.05) is 37.5 Å². The maximum atomic E-state index is 14.0. The fourth-order valence-electron chi connectivity index (χ4n) is 7.72. The number of alkyl carbamates (subject to hydrolysis) is 1. The minimum absolute atomic E-state index is 0.0784. The number of ketones is 1. The second-order valence-electron chi connectivity index (χ2n) is 15.3. The molecule has 2 fully saturated rings. The van der Waals surface area contributed by atoms with Gasteiger partial charge in [0.2, 0.25) is 0 Å². The number of methoxy groups -OCH3 is 1. The Morgan fingerprint density at radius 3 is 2.24 bits per heavy atom. The van der Waals surface area contributed by atoms with Crippen molar-refractivity contribution in [2.45, 2.75) is 141 Å². The SMILES string of the molecule is CC[C@H]1OC(=O)[C@H](C)[C@@H](OC(=O)NCc2ccccc2)[C@H](C)[C@@H](O[C@@H]2O[C@H](C)C[C@H](N(C)C)[C@H]2O)[C@](C)(OC)C[C@@H](C)C(=O)[C@H](C)[C@@H](O)[C@]1(C)O. The van der Waals surface area contributed by atoms with E-state index in [0.29, 0.717) is 6.42 Å². The van der Waals surface area contributed by atoms with Gasteiger partial charge in [-0.2, -0.15) is 0 Å². The molecular formula is C38H62N2O11. The largest absolute Gasteiger partial charge is 0.459 e. The first-order valence-corrected chi connectivity index (χ1v) is 18.1. The summed E-state index contributed by atoms with van der Waals surface area (Å²) in [6.45, 7) is 13.4. The van der Waals surface area contributed by atoms with Crippen LogP contribution < -0.4 is 5.32 Å². The number of nitrogens with zero attached hydrogens (tertiary/aromatic N) is 1. The minimum atomic E-state index is -1.98. The Balaban J connectivity index is 2.15.